The van der Waals surface area contributed by atoms with E-state index in [1.54, 1.807) is 7.11 Å². The van der Waals surface area contributed by atoms with Crippen LogP contribution in [0, 0.1) is 5.92 Å². The zero-order valence-corrected chi connectivity index (χ0v) is 13.3. The molecule has 0 amide bonds. The predicted octanol–water partition coefficient (Wildman–Crippen LogP) is 2.38. The van der Waals surface area contributed by atoms with Crippen LogP contribution in [0.5, 0.6) is 11.5 Å². The lowest BCUT2D eigenvalue weighted by Crippen LogP contribution is -2.19. The second-order valence-electron chi connectivity index (χ2n) is 5.17. The molecule has 0 spiro atoms. The van der Waals surface area contributed by atoms with E-state index < -0.39 is 0 Å². The van der Waals surface area contributed by atoms with E-state index >= 15 is 0 Å². The Morgan fingerprint density at radius 2 is 2.05 bits per heavy atom. The van der Waals surface area contributed by atoms with Crippen LogP contribution in [-0.4, -0.2) is 33.3 Å². The quantitative estimate of drug-likeness (QED) is 0.709. The normalized spacial score (nSPS) is 10.5. The topological polar surface area (TPSA) is 56.8 Å². The van der Waals surface area contributed by atoms with Gasteiger partial charge in [-0.1, -0.05) is 19.9 Å². The van der Waals surface area contributed by atoms with Gasteiger partial charge in [-0.15, -0.1) is 0 Å². The standard InChI is InChI=1S/C16H25NO4/c1-12(2)10-17-11-13-5-6-14(19-3)9-15(13)21-8-7-16(18)20-4/h5-6,9,12,17H,7-8,10-11H2,1-4H3. The first-order valence-corrected chi connectivity index (χ1v) is 7.14. The van der Waals surface area contributed by atoms with E-state index in [4.69, 9.17) is 9.47 Å². The molecule has 0 fully saturated rings. The molecular formula is C16H25NO4. The lowest BCUT2D eigenvalue weighted by Gasteiger charge is -2.14. The summed E-state index contributed by atoms with van der Waals surface area (Å²) in [5, 5.41) is 3.38. The number of nitrogens with one attached hydrogen (secondary N) is 1. The molecule has 0 heterocycles. The Bertz CT molecular complexity index is 446. The molecule has 5 heteroatoms. The van der Waals surface area contributed by atoms with Crippen molar-refractivity contribution in [1.29, 1.82) is 0 Å². The third-order valence-corrected chi connectivity index (χ3v) is 2.93. The molecule has 21 heavy (non-hydrogen) atoms. The molecule has 0 aromatic heterocycles. The Hall–Kier alpha value is -1.75. The van der Waals surface area contributed by atoms with Crippen molar-refractivity contribution in [3.05, 3.63) is 23.8 Å². The van der Waals surface area contributed by atoms with Crippen molar-refractivity contribution >= 4 is 5.97 Å². The van der Waals surface area contributed by atoms with Gasteiger partial charge in [0.25, 0.3) is 0 Å². The van der Waals surface area contributed by atoms with Crippen molar-refractivity contribution in [2.75, 3.05) is 27.4 Å². The Morgan fingerprint density at radius 1 is 1.29 bits per heavy atom. The van der Waals surface area contributed by atoms with Gasteiger partial charge in [0, 0.05) is 18.2 Å². The molecule has 1 aromatic rings. The van der Waals surface area contributed by atoms with Gasteiger partial charge in [-0.05, 0) is 18.5 Å². The molecule has 1 aromatic carbocycles. The predicted molar refractivity (Wildman–Crippen MR) is 81.7 cm³/mol. The summed E-state index contributed by atoms with van der Waals surface area (Å²) in [5.74, 6) is 1.77. The first-order chi connectivity index (χ1) is 10.1. The minimum atomic E-state index is -0.280. The maximum atomic E-state index is 11.1. The molecule has 1 rings (SSSR count). The number of hydrogen-bond donors (Lipinski definition) is 1. The van der Waals surface area contributed by atoms with Crippen molar-refractivity contribution in [3.63, 3.8) is 0 Å². The van der Waals surface area contributed by atoms with Gasteiger partial charge in [-0.3, -0.25) is 4.79 Å². The number of carbonyl (C=O) groups excluding carboxylic acids is 1. The van der Waals surface area contributed by atoms with Crippen LogP contribution in [0.1, 0.15) is 25.8 Å². The smallest absolute Gasteiger partial charge is 0.308 e. The molecule has 118 valence electrons. The van der Waals surface area contributed by atoms with Gasteiger partial charge < -0.3 is 19.5 Å². The number of esters is 1. The first-order valence-electron chi connectivity index (χ1n) is 7.14. The third-order valence-electron chi connectivity index (χ3n) is 2.93. The fraction of sp³-hybridized carbons (Fsp3) is 0.562. The van der Waals surface area contributed by atoms with Crippen molar-refractivity contribution in [2.24, 2.45) is 5.92 Å². The van der Waals surface area contributed by atoms with E-state index in [2.05, 4.69) is 23.9 Å². The Labute approximate surface area is 126 Å². The number of carbonyl (C=O) groups is 1. The van der Waals surface area contributed by atoms with Crippen LogP contribution in [0.4, 0.5) is 0 Å². The summed E-state index contributed by atoms with van der Waals surface area (Å²) in [4.78, 5) is 11.1. The van der Waals surface area contributed by atoms with E-state index in [-0.39, 0.29) is 19.0 Å². The van der Waals surface area contributed by atoms with Crippen LogP contribution in [0.25, 0.3) is 0 Å². The maximum absolute atomic E-state index is 11.1. The highest BCUT2D eigenvalue weighted by atomic mass is 16.5. The Morgan fingerprint density at radius 3 is 2.67 bits per heavy atom. The van der Waals surface area contributed by atoms with Crippen molar-refractivity contribution in [3.8, 4) is 11.5 Å². The van der Waals surface area contributed by atoms with Crippen LogP contribution in [0.15, 0.2) is 18.2 Å². The highest BCUT2D eigenvalue weighted by molar-refractivity contribution is 5.69. The molecular weight excluding hydrogens is 270 g/mol. The van der Waals surface area contributed by atoms with Crippen molar-refractivity contribution in [1.82, 2.24) is 5.32 Å². The van der Waals surface area contributed by atoms with Gasteiger partial charge in [0.2, 0.25) is 0 Å². The van der Waals surface area contributed by atoms with Crippen LogP contribution in [-0.2, 0) is 16.1 Å². The highest BCUT2D eigenvalue weighted by Crippen LogP contribution is 2.25. The highest BCUT2D eigenvalue weighted by Gasteiger charge is 2.08. The minimum absolute atomic E-state index is 0.229. The van der Waals surface area contributed by atoms with Gasteiger partial charge in [-0.2, -0.15) is 0 Å². The lowest BCUT2D eigenvalue weighted by atomic mass is 10.1. The van der Waals surface area contributed by atoms with E-state index in [9.17, 15) is 4.79 Å². The molecule has 1 N–H and O–H groups in total. The molecule has 0 radical (unpaired) electrons. The van der Waals surface area contributed by atoms with Crippen LogP contribution >= 0.6 is 0 Å². The molecule has 0 aliphatic heterocycles. The molecule has 5 nitrogen and oxygen atoms in total. The van der Waals surface area contributed by atoms with Crippen LogP contribution in [0.2, 0.25) is 0 Å². The van der Waals surface area contributed by atoms with E-state index in [0.717, 1.165) is 30.2 Å². The summed E-state index contributed by atoms with van der Waals surface area (Å²) < 4.78 is 15.5. The minimum Gasteiger partial charge on any atom is -0.497 e. The number of rotatable bonds is 9. The van der Waals surface area contributed by atoms with Crippen molar-refractivity contribution < 1.29 is 19.0 Å². The third kappa shape index (κ3) is 6.49. The summed E-state index contributed by atoms with van der Waals surface area (Å²) >= 11 is 0. The zero-order chi connectivity index (χ0) is 15.7. The summed E-state index contributed by atoms with van der Waals surface area (Å²) in [5.41, 5.74) is 1.04. The lowest BCUT2D eigenvalue weighted by molar-refractivity contribution is -0.141. The fourth-order valence-corrected chi connectivity index (χ4v) is 1.78. The largest absolute Gasteiger partial charge is 0.497 e. The summed E-state index contributed by atoms with van der Waals surface area (Å²) in [6.07, 6.45) is 0.229. The van der Waals surface area contributed by atoms with Gasteiger partial charge in [0.1, 0.15) is 11.5 Å². The van der Waals surface area contributed by atoms with Crippen LogP contribution < -0.4 is 14.8 Å². The Kier molecular flexibility index (Phi) is 7.61. The number of benzene rings is 1. The fourth-order valence-electron chi connectivity index (χ4n) is 1.78. The molecule has 0 saturated heterocycles. The van der Waals surface area contributed by atoms with E-state index in [1.165, 1.54) is 7.11 Å². The monoisotopic (exact) mass is 295 g/mol. The SMILES string of the molecule is COC(=O)CCOc1cc(OC)ccc1CNCC(C)C. The first kappa shape index (κ1) is 17.3. The molecule has 0 atom stereocenters. The number of methoxy groups -OCH3 is 2. The Balaban J connectivity index is 2.65. The average Bonchev–Trinajstić information content (AvgIpc) is 2.47. The molecule has 0 aliphatic rings. The van der Waals surface area contributed by atoms with Crippen LogP contribution in [0.3, 0.4) is 0 Å². The summed E-state index contributed by atoms with van der Waals surface area (Å²) in [6, 6.07) is 5.71. The average molecular weight is 295 g/mol. The van der Waals surface area contributed by atoms with Gasteiger partial charge in [-0.25, -0.2) is 0 Å². The zero-order valence-electron chi connectivity index (χ0n) is 13.3. The molecule has 0 bridgehead atoms. The molecule has 0 unspecified atom stereocenters. The summed E-state index contributed by atoms with van der Waals surface area (Å²) in [6.45, 7) is 6.27. The number of ether oxygens (including phenoxy) is 3. The van der Waals surface area contributed by atoms with Crippen molar-refractivity contribution in [2.45, 2.75) is 26.8 Å². The molecule has 0 saturated carbocycles. The van der Waals surface area contributed by atoms with E-state index in [1.807, 2.05) is 18.2 Å². The van der Waals surface area contributed by atoms with Gasteiger partial charge in [0.15, 0.2) is 0 Å². The van der Waals surface area contributed by atoms with Gasteiger partial charge >= 0.3 is 5.97 Å². The maximum Gasteiger partial charge on any atom is 0.308 e. The second-order valence-corrected chi connectivity index (χ2v) is 5.17. The molecule has 0 aliphatic carbocycles. The second kappa shape index (κ2) is 9.23. The number of hydrogen-bond acceptors (Lipinski definition) is 5. The summed E-state index contributed by atoms with van der Waals surface area (Å²) in [7, 11) is 2.99. The van der Waals surface area contributed by atoms with Gasteiger partial charge in [0.05, 0.1) is 27.2 Å². The van der Waals surface area contributed by atoms with E-state index in [0.29, 0.717) is 5.92 Å².